The van der Waals surface area contributed by atoms with Gasteiger partial charge < -0.3 is 14.7 Å². The SMILES string of the molecule is CCOc1ccc(C(=O)N2CC(C(=O)O)C2)cc1. The van der Waals surface area contributed by atoms with E-state index in [1.54, 1.807) is 24.3 Å². The Bertz CT molecular complexity index is 449. The van der Waals surface area contributed by atoms with Gasteiger partial charge in [0.2, 0.25) is 0 Å². The van der Waals surface area contributed by atoms with Crippen LogP contribution < -0.4 is 4.74 Å². The van der Waals surface area contributed by atoms with E-state index >= 15 is 0 Å². The minimum atomic E-state index is -0.842. The van der Waals surface area contributed by atoms with Crippen molar-refractivity contribution >= 4 is 11.9 Å². The summed E-state index contributed by atoms with van der Waals surface area (Å²) in [6.45, 7) is 3.06. The van der Waals surface area contributed by atoms with Crippen LogP contribution in [-0.2, 0) is 4.79 Å². The Morgan fingerprint density at radius 2 is 1.94 bits per heavy atom. The van der Waals surface area contributed by atoms with Gasteiger partial charge in [0.15, 0.2) is 0 Å². The Labute approximate surface area is 105 Å². The van der Waals surface area contributed by atoms with Crippen LogP contribution in [0.5, 0.6) is 5.75 Å². The molecule has 0 saturated carbocycles. The molecular weight excluding hydrogens is 234 g/mol. The Balaban J connectivity index is 1.96. The largest absolute Gasteiger partial charge is 0.494 e. The summed E-state index contributed by atoms with van der Waals surface area (Å²) in [6, 6.07) is 6.87. The molecule has 1 aromatic carbocycles. The molecule has 0 radical (unpaired) electrons. The predicted molar refractivity (Wildman–Crippen MR) is 64.6 cm³/mol. The first-order chi connectivity index (χ1) is 8.61. The number of carbonyl (C=O) groups excluding carboxylic acids is 1. The lowest BCUT2D eigenvalue weighted by atomic mass is 9.99. The maximum absolute atomic E-state index is 12.0. The number of carbonyl (C=O) groups is 2. The van der Waals surface area contributed by atoms with E-state index in [2.05, 4.69) is 0 Å². The molecule has 0 spiro atoms. The van der Waals surface area contributed by atoms with Crippen LogP contribution >= 0.6 is 0 Å². The number of carboxylic acids is 1. The summed E-state index contributed by atoms with van der Waals surface area (Å²) in [5.41, 5.74) is 0.558. The second-order valence-electron chi connectivity index (χ2n) is 4.20. The van der Waals surface area contributed by atoms with E-state index in [-0.39, 0.29) is 5.91 Å². The molecule has 1 heterocycles. The summed E-state index contributed by atoms with van der Waals surface area (Å²) in [6.07, 6.45) is 0. The molecule has 5 heteroatoms. The van der Waals surface area contributed by atoms with Crippen molar-refractivity contribution in [3.05, 3.63) is 29.8 Å². The molecule has 0 bridgehead atoms. The summed E-state index contributed by atoms with van der Waals surface area (Å²) in [5.74, 6) is -0.668. The molecule has 1 aliphatic heterocycles. The fraction of sp³-hybridized carbons (Fsp3) is 0.385. The number of carboxylic acid groups (broad SMARTS) is 1. The molecule has 0 aromatic heterocycles. The van der Waals surface area contributed by atoms with Gasteiger partial charge in [0, 0.05) is 18.7 Å². The maximum atomic E-state index is 12.0. The van der Waals surface area contributed by atoms with E-state index in [0.717, 1.165) is 5.75 Å². The van der Waals surface area contributed by atoms with E-state index in [9.17, 15) is 9.59 Å². The van der Waals surface area contributed by atoms with Gasteiger partial charge >= 0.3 is 5.97 Å². The monoisotopic (exact) mass is 249 g/mol. The van der Waals surface area contributed by atoms with Crippen molar-refractivity contribution < 1.29 is 19.4 Å². The zero-order valence-electron chi connectivity index (χ0n) is 10.1. The third-order valence-corrected chi connectivity index (χ3v) is 2.93. The number of ether oxygens (including phenoxy) is 1. The predicted octanol–water partition coefficient (Wildman–Crippen LogP) is 1.24. The minimum Gasteiger partial charge on any atom is -0.494 e. The third-order valence-electron chi connectivity index (χ3n) is 2.93. The first kappa shape index (κ1) is 12.4. The molecule has 0 aliphatic carbocycles. The average molecular weight is 249 g/mol. The summed E-state index contributed by atoms with van der Waals surface area (Å²) >= 11 is 0. The van der Waals surface area contributed by atoms with Gasteiger partial charge in [-0.15, -0.1) is 0 Å². The van der Waals surface area contributed by atoms with Gasteiger partial charge in [-0.25, -0.2) is 0 Å². The average Bonchev–Trinajstić information content (AvgIpc) is 2.27. The Hall–Kier alpha value is -2.04. The third kappa shape index (κ3) is 2.45. The second-order valence-corrected chi connectivity index (χ2v) is 4.20. The van der Waals surface area contributed by atoms with Gasteiger partial charge in [-0.2, -0.15) is 0 Å². The molecule has 5 nitrogen and oxygen atoms in total. The van der Waals surface area contributed by atoms with Crippen molar-refractivity contribution in [2.45, 2.75) is 6.92 Å². The van der Waals surface area contributed by atoms with Gasteiger partial charge in [-0.05, 0) is 31.2 Å². The maximum Gasteiger partial charge on any atom is 0.310 e. The van der Waals surface area contributed by atoms with Gasteiger partial charge in [0.25, 0.3) is 5.91 Å². The van der Waals surface area contributed by atoms with Crippen LogP contribution in [0.1, 0.15) is 17.3 Å². The van der Waals surface area contributed by atoms with Crippen LogP contribution in [-0.4, -0.2) is 41.6 Å². The van der Waals surface area contributed by atoms with E-state index in [4.69, 9.17) is 9.84 Å². The molecule has 2 rings (SSSR count). The Morgan fingerprint density at radius 3 is 2.44 bits per heavy atom. The number of nitrogens with zero attached hydrogens (tertiary/aromatic N) is 1. The highest BCUT2D eigenvalue weighted by Crippen LogP contribution is 2.20. The molecule has 0 unspecified atom stereocenters. The van der Waals surface area contributed by atoms with Gasteiger partial charge in [-0.1, -0.05) is 0 Å². The van der Waals surface area contributed by atoms with Crippen molar-refractivity contribution in [3.63, 3.8) is 0 Å². The summed E-state index contributed by atoms with van der Waals surface area (Å²) < 4.78 is 5.29. The Morgan fingerprint density at radius 1 is 1.33 bits per heavy atom. The highest BCUT2D eigenvalue weighted by atomic mass is 16.5. The molecule has 96 valence electrons. The standard InChI is InChI=1S/C13H15NO4/c1-2-18-11-5-3-9(4-6-11)12(15)14-7-10(8-14)13(16)17/h3-6,10H,2,7-8H2,1H3,(H,16,17). The van der Waals surface area contributed by atoms with E-state index in [1.807, 2.05) is 6.92 Å². The fourth-order valence-electron chi connectivity index (χ4n) is 1.84. The number of hydrogen-bond donors (Lipinski definition) is 1. The lowest BCUT2D eigenvalue weighted by Crippen LogP contribution is -2.53. The summed E-state index contributed by atoms with van der Waals surface area (Å²) in [4.78, 5) is 24.1. The molecule has 0 atom stereocenters. The number of rotatable bonds is 4. The van der Waals surface area contributed by atoms with E-state index < -0.39 is 11.9 Å². The first-order valence-electron chi connectivity index (χ1n) is 5.86. The smallest absolute Gasteiger partial charge is 0.310 e. The molecule has 1 fully saturated rings. The molecule has 1 saturated heterocycles. The Kier molecular flexibility index (Phi) is 3.50. The van der Waals surface area contributed by atoms with Crippen molar-refractivity contribution in [3.8, 4) is 5.75 Å². The van der Waals surface area contributed by atoms with Crippen molar-refractivity contribution in [2.75, 3.05) is 19.7 Å². The van der Waals surface area contributed by atoms with Crippen LogP contribution in [0.3, 0.4) is 0 Å². The highest BCUT2D eigenvalue weighted by Gasteiger charge is 2.35. The molecule has 1 aromatic rings. The number of hydrogen-bond acceptors (Lipinski definition) is 3. The number of likely N-dealkylation sites (tertiary alicyclic amines) is 1. The molecular formula is C13H15NO4. The van der Waals surface area contributed by atoms with Crippen LogP contribution in [0.15, 0.2) is 24.3 Å². The van der Waals surface area contributed by atoms with Crippen molar-refractivity contribution in [1.82, 2.24) is 4.90 Å². The van der Waals surface area contributed by atoms with E-state index in [0.29, 0.717) is 25.3 Å². The topological polar surface area (TPSA) is 66.8 Å². The molecule has 1 amide bonds. The first-order valence-corrected chi connectivity index (χ1v) is 5.86. The summed E-state index contributed by atoms with van der Waals surface area (Å²) in [7, 11) is 0. The lowest BCUT2D eigenvalue weighted by molar-refractivity contribution is -0.146. The zero-order valence-corrected chi connectivity index (χ0v) is 10.1. The van der Waals surface area contributed by atoms with Gasteiger partial charge in [0.1, 0.15) is 5.75 Å². The highest BCUT2D eigenvalue weighted by molar-refractivity contribution is 5.95. The molecule has 1 N–H and O–H groups in total. The van der Waals surface area contributed by atoms with Crippen LogP contribution in [0.4, 0.5) is 0 Å². The van der Waals surface area contributed by atoms with Crippen LogP contribution in [0, 0.1) is 5.92 Å². The van der Waals surface area contributed by atoms with Crippen LogP contribution in [0.25, 0.3) is 0 Å². The quantitative estimate of drug-likeness (QED) is 0.871. The zero-order chi connectivity index (χ0) is 13.1. The normalized spacial score (nSPS) is 15.1. The summed E-state index contributed by atoms with van der Waals surface area (Å²) in [5, 5.41) is 8.74. The number of benzene rings is 1. The number of amides is 1. The van der Waals surface area contributed by atoms with E-state index in [1.165, 1.54) is 4.90 Å². The lowest BCUT2D eigenvalue weighted by Gasteiger charge is -2.36. The van der Waals surface area contributed by atoms with Gasteiger partial charge in [-0.3, -0.25) is 9.59 Å². The molecule has 1 aliphatic rings. The van der Waals surface area contributed by atoms with Crippen molar-refractivity contribution in [2.24, 2.45) is 5.92 Å². The van der Waals surface area contributed by atoms with Gasteiger partial charge in [0.05, 0.1) is 12.5 Å². The second kappa shape index (κ2) is 5.08. The van der Waals surface area contributed by atoms with Crippen LogP contribution in [0.2, 0.25) is 0 Å². The van der Waals surface area contributed by atoms with Crippen molar-refractivity contribution in [1.29, 1.82) is 0 Å². The molecule has 18 heavy (non-hydrogen) atoms. The minimum absolute atomic E-state index is 0.129. The number of aliphatic carboxylic acids is 1. The fourth-order valence-corrected chi connectivity index (χ4v) is 1.84.